The van der Waals surface area contributed by atoms with E-state index in [-0.39, 0.29) is 6.61 Å². The second-order valence-electron chi connectivity index (χ2n) is 7.44. The summed E-state index contributed by atoms with van der Waals surface area (Å²) in [6, 6.07) is 8.63. The fourth-order valence-corrected chi connectivity index (χ4v) is 4.97. The molecule has 1 unspecified atom stereocenters. The Morgan fingerprint density at radius 3 is 2.65 bits per heavy atom. The molecule has 1 N–H and O–H groups in total. The van der Waals surface area contributed by atoms with Crippen LogP contribution in [0.4, 0.5) is 4.39 Å². The Labute approximate surface area is 177 Å². The third-order valence-electron chi connectivity index (χ3n) is 5.22. The molecule has 4 rings (SSSR count). The van der Waals surface area contributed by atoms with Gasteiger partial charge in [0.1, 0.15) is 28.9 Å². The third-order valence-corrected chi connectivity index (χ3v) is 6.80. The number of aryl methyl sites for hydroxylation is 2. The Kier molecular flexibility index (Phi) is 5.63. The number of carbonyl (C=O) groups excluding carboxylic acids is 1. The molecule has 0 amide bonds. The molecule has 1 heterocycles. The Balaban J connectivity index is 1.50. The average Bonchev–Trinajstić information content (AvgIpc) is 3.17. The van der Waals surface area contributed by atoms with E-state index < -0.39 is 38.4 Å². The van der Waals surface area contributed by atoms with E-state index in [0.717, 1.165) is 37.0 Å². The number of hydrogen-bond acceptors (Lipinski definition) is 6. The van der Waals surface area contributed by atoms with Crippen LogP contribution in [0, 0.1) is 5.82 Å². The van der Waals surface area contributed by atoms with E-state index in [9.17, 15) is 22.4 Å². The van der Waals surface area contributed by atoms with Crippen molar-refractivity contribution in [3.8, 4) is 0 Å². The number of ether oxygens (including phenoxy) is 1. The van der Waals surface area contributed by atoms with Gasteiger partial charge in [-0.2, -0.15) is 4.72 Å². The first-order valence-electron chi connectivity index (χ1n) is 9.76. The zero-order chi connectivity index (χ0) is 22.2. The molecule has 0 radical (unpaired) electrons. The average molecular weight is 445 g/mol. The van der Waals surface area contributed by atoms with Crippen LogP contribution in [-0.4, -0.2) is 20.4 Å². The first-order chi connectivity index (χ1) is 14.7. The van der Waals surface area contributed by atoms with E-state index >= 15 is 0 Å². The van der Waals surface area contributed by atoms with Gasteiger partial charge in [-0.05, 0) is 61.6 Å². The summed E-state index contributed by atoms with van der Waals surface area (Å²) in [5, 5.41) is 0.674. The predicted molar refractivity (Wildman–Crippen MR) is 110 cm³/mol. The summed E-state index contributed by atoms with van der Waals surface area (Å²) in [6.07, 6.45) is 2.88. The fourth-order valence-electron chi connectivity index (χ4n) is 3.70. The van der Waals surface area contributed by atoms with Gasteiger partial charge < -0.3 is 9.15 Å². The first kappa shape index (κ1) is 21.2. The van der Waals surface area contributed by atoms with Crippen LogP contribution >= 0.6 is 0 Å². The zero-order valence-corrected chi connectivity index (χ0v) is 17.5. The van der Waals surface area contributed by atoms with Gasteiger partial charge in [0.2, 0.25) is 10.0 Å². The molecule has 1 atom stereocenters. The van der Waals surface area contributed by atoms with E-state index in [1.807, 2.05) is 12.1 Å². The number of sulfonamides is 1. The van der Waals surface area contributed by atoms with Crippen LogP contribution in [0.5, 0.6) is 0 Å². The van der Waals surface area contributed by atoms with Crippen LogP contribution in [0.25, 0.3) is 11.0 Å². The predicted octanol–water partition coefficient (Wildman–Crippen LogP) is 2.83. The van der Waals surface area contributed by atoms with Crippen molar-refractivity contribution in [3.63, 3.8) is 0 Å². The van der Waals surface area contributed by atoms with E-state index in [4.69, 9.17) is 9.15 Å². The fraction of sp³-hybridized carbons (Fsp3) is 0.273. The molecule has 0 spiro atoms. The van der Waals surface area contributed by atoms with Gasteiger partial charge in [-0.15, -0.1) is 0 Å². The molecule has 0 saturated heterocycles. The highest BCUT2D eigenvalue weighted by Crippen LogP contribution is 2.28. The smallest absolute Gasteiger partial charge is 0.336 e. The molecule has 3 aromatic rings. The lowest BCUT2D eigenvalue weighted by molar-refractivity contribution is -0.146. The topological polar surface area (TPSA) is 103 Å². The highest BCUT2D eigenvalue weighted by molar-refractivity contribution is 7.89. The molecule has 1 aliphatic rings. The summed E-state index contributed by atoms with van der Waals surface area (Å²) >= 11 is 0. The molecule has 7 nitrogen and oxygen atoms in total. The van der Waals surface area contributed by atoms with Crippen LogP contribution in [0.2, 0.25) is 0 Å². The molecular weight excluding hydrogens is 425 g/mol. The van der Waals surface area contributed by atoms with Crippen molar-refractivity contribution >= 4 is 27.0 Å². The lowest BCUT2D eigenvalue weighted by atomic mass is 10.0. The van der Waals surface area contributed by atoms with Gasteiger partial charge in [-0.1, -0.05) is 12.1 Å². The SMILES string of the molecule is CC(NS(=O)(=O)c1ccccc1F)C(=O)OCc1cc(=O)oc2cc3c(cc12)CCC3. The lowest BCUT2D eigenvalue weighted by Crippen LogP contribution is -2.39. The monoisotopic (exact) mass is 445 g/mol. The molecule has 1 aromatic heterocycles. The maximum Gasteiger partial charge on any atom is 0.336 e. The van der Waals surface area contributed by atoms with Crippen LogP contribution in [-0.2, 0) is 39.0 Å². The van der Waals surface area contributed by atoms with Crippen molar-refractivity contribution < 1.29 is 26.8 Å². The van der Waals surface area contributed by atoms with Gasteiger partial charge in [-0.3, -0.25) is 4.79 Å². The normalized spacial score (nSPS) is 14.4. The molecule has 2 aromatic carbocycles. The molecule has 31 heavy (non-hydrogen) atoms. The summed E-state index contributed by atoms with van der Waals surface area (Å²) in [6.45, 7) is 1.07. The van der Waals surface area contributed by atoms with Crippen molar-refractivity contribution in [3.05, 3.63) is 75.4 Å². The lowest BCUT2D eigenvalue weighted by Gasteiger charge is -2.15. The number of hydrogen-bond donors (Lipinski definition) is 1. The molecule has 0 fully saturated rings. The van der Waals surface area contributed by atoms with Crippen molar-refractivity contribution in [1.29, 1.82) is 0 Å². The molecule has 1 aliphatic carbocycles. The summed E-state index contributed by atoms with van der Waals surface area (Å²) in [7, 11) is -4.26. The minimum atomic E-state index is -4.26. The second kappa shape index (κ2) is 8.24. The zero-order valence-electron chi connectivity index (χ0n) is 16.7. The van der Waals surface area contributed by atoms with E-state index in [1.54, 1.807) is 0 Å². The Morgan fingerprint density at radius 2 is 1.90 bits per heavy atom. The van der Waals surface area contributed by atoms with Crippen molar-refractivity contribution in [2.45, 2.75) is 43.7 Å². The highest BCUT2D eigenvalue weighted by Gasteiger charge is 2.25. The standard InChI is InChI=1S/C22H20FNO6S/c1-13(24-31(27,28)20-8-3-2-7-18(20)23)22(26)29-12-16-11-21(25)30-19-10-15-6-4-5-14(15)9-17(16)19/h2-3,7-11,13,24H,4-6,12H2,1H3. The molecule has 9 heteroatoms. The summed E-state index contributed by atoms with van der Waals surface area (Å²) in [5.74, 6) is -1.78. The van der Waals surface area contributed by atoms with Crippen molar-refractivity contribution in [2.24, 2.45) is 0 Å². The number of carbonyl (C=O) groups is 1. The molecular formula is C22H20FNO6S. The summed E-state index contributed by atoms with van der Waals surface area (Å²) in [4.78, 5) is 23.7. The summed E-state index contributed by atoms with van der Waals surface area (Å²) < 4.78 is 51.2. The molecule has 0 aliphatic heterocycles. The van der Waals surface area contributed by atoms with Gasteiger partial charge in [-0.25, -0.2) is 17.6 Å². The van der Waals surface area contributed by atoms with Gasteiger partial charge in [0.05, 0.1) is 0 Å². The Bertz CT molecular complexity index is 1330. The van der Waals surface area contributed by atoms with Crippen molar-refractivity contribution in [2.75, 3.05) is 0 Å². The highest BCUT2D eigenvalue weighted by atomic mass is 32.2. The minimum Gasteiger partial charge on any atom is -0.460 e. The molecule has 0 saturated carbocycles. The van der Waals surface area contributed by atoms with E-state index in [2.05, 4.69) is 4.72 Å². The van der Waals surface area contributed by atoms with Gasteiger partial charge in [0, 0.05) is 17.0 Å². The van der Waals surface area contributed by atoms with Crippen LogP contribution in [0.3, 0.4) is 0 Å². The number of esters is 1. The number of nitrogens with one attached hydrogen (secondary N) is 1. The second-order valence-corrected chi connectivity index (χ2v) is 9.12. The first-order valence-corrected chi connectivity index (χ1v) is 11.2. The van der Waals surface area contributed by atoms with Crippen LogP contribution in [0.1, 0.15) is 30.0 Å². The number of benzene rings is 2. The van der Waals surface area contributed by atoms with Gasteiger partial charge in [0.15, 0.2) is 0 Å². The van der Waals surface area contributed by atoms with Crippen molar-refractivity contribution in [1.82, 2.24) is 4.72 Å². The quantitative estimate of drug-likeness (QED) is 0.462. The largest absolute Gasteiger partial charge is 0.460 e. The Hall–Kier alpha value is -3.04. The Morgan fingerprint density at radius 1 is 1.19 bits per heavy atom. The van der Waals surface area contributed by atoms with Crippen LogP contribution < -0.4 is 10.3 Å². The maximum absolute atomic E-state index is 13.8. The molecule has 162 valence electrons. The number of fused-ring (bicyclic) bond motifs is 2. The molecule has 0 bridgehead atoms. The van der Waals surface area contributed by atoms with Gasteiger partial charge in [0.25, 0.3) is 0 Å². The van der Waals surface area contributed by atoms with E-state index in [0.29, 0.717) is 16.5 Å². The van der Waals surface area contributed by atoms with Crippen LogP contribution in [0.15, 0.2) is 56.6 Å². The number of rotatable bonds is 6. The van der Waals surface area contributed by atoms with E-state index in [1.165, 1.54) is 30.7 Å². The maximum atomic E-state index is 13.8. The summed E-state index contributed by atoms with van der Waals surface area (Å²) in [5.41, 5.74) is 2.64. The van der Waals surface area contributed by atoms with Gasteiger partial charge >= 0.3 is 11.6 Å². The number of halogens is 1. The third kappa shape index (κ3) is 4.38. The minimum absolute atomic E-state index is 0.231.